The van der Waals surface area contributed by atoms with Crippen molar-refractivity contribution in [1.82, 2.24) is 10.2 Å². The van der Waals surface area contributed by atoms with Crippen LogP contribution >= 0.6 is 0 Å². The number of rotatable bonds is 5. The van der Waals surface area contributed by atoms with E-state index in [1.54, 1.807) is 6.07 Å². The van der Waals surface area contributed by atoms with Gasteiger partial charge in [-0.2, -0.15) is 0 Å². The van der Waals surface area contributed by atoms with Crippen LogP contribution in [0.3, 0.4) is 0 Å². The van der Waals surface area contributed by atoms with E-state index in [9.17, 15) is 9.18 Å². The van der Waals surface area contributed by atoms with E-state index >= 15 is 0 Å². The summed E-state index contributed by atoms with van der Waals surface area (Å²) in [6.07, 6.45) is 0.0759. The van der Waals surface area contributed by atoms with E-state index in [1.165, 1.54) is 12.1 Å². The highest BCUT2D eigenvalue weighted by Crippen LogP contribution is 2.28. The summed E-state index contributed by atoms with van der Waals surface area (Å²) in [7, 11) is 3.81. The Morgan fingerprint density at radius 3 is 2.79 bits per heavy atom. The Bertz CT molecular complexity index is 708. The number of nitrogens with zero attached hydrogens (tertiary/aromatic N) is 1. The van der Waals surface area contributed by atoms with Crippen molar-refractivity contribution < 1.29 is 13.9 Å². The smallest absolute Gasteiger partial charge is 0.261 e. The van der Waals surface area contributed by atoms with Gasteiger partial charge in [0.15, 0.2) is 6.10 Å². The Morgan fingerprint density at radius 1 is 1.29 bits per heavy atom. The molecule has 24 heavy (non-hydrogen) atoms. The number of fused-ring (bicyclic) bond motifs is 1. The number of halogens is 1. The molecule has 2 aromatic rings. The molecule has 126 valence electrons. The number of hydrogen-bond donors (Lipinski definition) is 1. The molecule has 2 atom stereocenters. The summed E-state index contributed by atoms with van der Waals surface area (Å²) < 4.78 is 19.2. The second kappa shape index (κ2) is 7.01. The summed E-state index contributed by atoms with van der Waals surface area (Å²) >= 11 is 0. The van der Waals surface area contributed by atoms with Crippen LogP contribution in [-0.2, 0) is 11.2 Å². The number of benzene rings is 2. The fourth-order valence-corrected chi connectivity index (χ4v) is 2.95. The van der Waals surface area contributed by atoms with Crippen LogP contribution < -0.4 is 10.1 Å². The van der Waals surface area contributed by atoms with Crippen molar-refractivity contribution in [2.24, 2.45) is 0 Å². The lowest BCUT2D eigenvalue weighted by Crippen LogP contribution is -2.41. The number of carbonyl (C=O) groups is 1. The van der Waals surface area contributed by atoms with Gasteiger partial charge in [-0.25, -0.2) is 4.39 Å². The van der Waals surface area contributed by atoms with Crippen molar-refractivity contribution >= 4 is 5.91 Å². The molecule has 5 heteroatoms. The van der Waals surface area contributed by atoms with Crippen molar-refractivity contribution in [2.45, 2.75) is 18.6 Å². The largest absolute Gasteiger partial charge is 0.480 e. The Balaban J connectivity index is 1.62. The van der Waals surface area contributed by atoms with Crippen LogP contribution in [0.5, 0.6) is 5.75 Å². The summed E-state index contributed by atoms with van der Waals surface area (Å²) in [5.74, 6) is 0.349. The monoisotopic (exact) mass is 328 g/mol. The molecule has 4 nitrogen and oxygen atoms in total. The lowest BCUT2D eigenvalue weighted by Gasteiger charge is -2.25. The number of ether oxygens (including phenoxy) is 1. The Hall–Kier alpha value is -2.40. The molecule has 0 spiro atoms. The molecule has 0 radical (unpaired) electrons. The molecule has 0 aromatic heterocycles. The predicted molar refractivity (Wildman–Crippen MR) is 90.4 cm³/mol. The van der Waals surface area contributed by atoms with Crippen LogP contribution in [0.15, 0.2) is 48.5 Å². The summed E-state index contributed by atoms with van der Waals surface area (Å²) in [5.41, 5.74) is 1.88. The highest BCUT2D eigenvalue weighted by Gasteiger charge is 2.29. The predicted octanol–water partition coefficient (Wildman–Crippen LogP) is 2.55. The zero-order valence-electron chi connectivity index (χ0n) is 13.8. The minimum absolute atomic E-state index is 0.103. The lowest BCUT2D eigenvalue weighted by molar-refractivity contribution is -0.127. The summed E-state index contributed by atoms with van der Waals surface area (Å²) in [5, 5.41) is 2.93. The van der Waals surface area contributed by atoms with Crippen LogP contribution in [0.4, 0.5) is 4.39 Å². The molecule has 1 amide bonds. The quantitative estimate of drug-likeness (QED) is 0.917. The van der Waals surface area contributed by atoms with Crippen molar-refractivity contribution in [3.63, 3.8) is 0 Å². The number of para-hydroxylation sites is 1. The second-order valence-corrected chi connectivity index (χ2v) is 6.20. The topological polar surface area (TPSA) is 41.6 Å². The highest BCUT2D eigenvalue weighted by molar-refractivity contribution is 5.82. The van der Waals surface area contributed by atoms with Crippen molar-refractivity contribution in [1.29, 1.82) is 0 Å². The first-order valence-corrected chi connectivity index (χ1v) is 7.99. The molecule has 1 heterocycles. The minimum Gasteiger partial charge on any atom is -0.480 e. The standard InChI is InChI=1S/C19H21FN2O2/c1-22(2)16(13-7-5-8-15(20)10-13)12-21-19(23)18-11-14-6-3-4-9-17(14)24-18/h3-10,16,18H,11-12H2,1-2H3,(H,21,23)/t16-,18+/m0/s1. The number of amides is 1. The molecule has 1 aliphatic heterocycles. The minimum atomic E-state index is -0.502. The van der Waals surface area contributed by atoms with E-state index in [0.29, 0.717) is 13.0 Å². The van der Waals surface area contributed by atoms with Gasteiger partial charge in [0.25, 0.3) is 5.91 Å². The molecule has 0 fully saturated rings. The third-order valence-electron chi connectivity index (χ3n) is 4.27. The summed E-state index contributed by atoms with van der Waals surface area (Å²) in [6.45, 7) is 0.394. The van der Waals surface area contributed by atoms with E-state index in [-0.39, 0.29) is 17.8 Å². The molecule has 3 rings (SSSR count). The molecule has 2 aromatic carbocycles. The van der Waals surface area contributed by atoms with Gasteiger partial charge in [0.05, 0.1) is 6.04 Å². The third kappa shape index (κ3) is 3.57. The van der Waals surface area contributed by atoms with Gasteiger partial charge in [0.1, 0.15) is 11.6 Å². The average molecular weight is 328 g/mol. The van der Waals surface area contributed by atoms with E-state index < -0.39 is 6.10 Å². The Kier molecular flexibility index (Phi) is 4.81. The van der Waals surface area contributed by atoms with Gasteiger partial charge >= 0.3 is 0 Å². The fourth-order valence-electron chi connectivity index (χ4n) is 2.95. The van der Waals surface area contributed by atoms with E-state index in [0.717, 1.165) is 16.9 Å². The number of hydrogen-bond acceptors (Lipinski definition) is 3. The SMILES string of the molecule is CN(C)[C@@H](CNC(=O)[C@H]1Cc2ccccc2O1)c1cccc(F)c1. The van der Waals surface area contributed by atoms with E-state index in [1.807, 2.05) is 49.3 Å². The van der Waals surface area contributed by atoms with Gasteiger partial charge in [-0.15, -0.1) is 0 Å². The first-order chi connectivity index (χ1) is 11.5. The number of carbonyl (C=O) groups excluding carboxylic acids is 1. The second-order valence-electron chi connectivity index (χ2n) is 6.20. The lowest BCUT2D eigenvalue weighted by atomic mass is 10.1. The van der Waals surface area contributed by atoms with Crippen LogP contribution in [0.25, 0.3) is 0 Å². The fraction of sp³-hybridized carbons (Fsp3) is 0.316. The first-order valence-electron chi connectivity index (χ1n) is 7.99. The maximum absolute atomic E-state index is 13.5. The van der Waals surface area contributed by atoms with E-state index in [2.05, 4.69) is 5.32 Å². The normalized spacial score (nSPS) is 17.2. The average Bonchev–Trinajstić information content (AvgIpc) is 2.99. The Labute approximate surface area is 141 Å². The van der Waals surface area contributed by atoms with Gasteiger partial charge in [-0.3, -0.25) is 4.79 Å². The summed E-state index contributed by atoms with van der Waals surface area (Å²) in [4.78, 5) is 14.4. The zero-order chi connectivity index (χ0) is 17.1. The van der Waals surface area contributed by atoms with E-state index in [4.69, 9.17) is 4.74 Å². The molecular formula is C19H21FN2O2. The molecule has 1 N–H and O–H groups in total. The van der Waals surface area contributed by atoms with Gasteiger partial charge in [-0.05, 0) is 43.4 Å². The maximum atomic E-state index is 13.5. The van der Waals surface area contributed by atoms with Crippen LogP contribution in [-0.4, -0.2) is 37.6 Å². The Morgan fingerprint density at radius 2 is 2.08 bits per heavy atom. The van der Waals surface area contributed by atoms with Gasteiger partial charge in [-0.1, -0.05) is 30.3 Å². The summed E-state index contributed by atoms with van der Waals surface area (Å²) in [6, 6.07) is 14.0. The van der Waals surface area contributed by atoms with Gasteiger partial charge < -0.3 is 15.0 Å². The molecule has 1 aliphatic rings. The van der Waals surface area contributed by atoms with Gasteiger partial charge in [0, 0.05) is 13.0 Å². The van der Waals surface area contributed by atoms with Crippen molar-refractivity contribution in [3.8, 4) is 5.75 Å². The first kappa shape index (κ1) is 16.5. The highest BCUT2D eigenvalue weighted by atomic mass is 19.1. The zero-order valence-corrected chi connectivity index (χ0v) is 13.8. The molecule has 0 bridgehead atoms. The number of likely N-dealkylation sites (N-methyl/N-ethyl adjacent to an activating group) is 1. The van der Waals surface area contributed by atoms with Crippen LogP contribution in [0.2, 0.25) is 0 Å². The molecular weight excluding hydrogens is 307 g/mol. The van der Waals surface area contributed by atoms with Gasteiger partial charge in [0.2, 0.25) is 0 Å². The molecule has 0 aliphatic carbocycles. The third-order valence-corrected chi connectivity index (χ3v) is 4.27. The van der Waals surface area contributed by atoms with Crippen LogP contribution in [0.1, 0.15) is 17.2 Å². The maximum Gasteiger partial charge on any atom is 0.261 e. The van der Waals surface area contributed by atoms with Crippen molar-refractivity contribution in [2.75, 3.05) is 20.6 Å². The number of nitrogens with one attached hydrogen (secondary N) is 1. The molecule has 0 saturated carbocycles. The van der Waals surface area contributed by atoms with Crippen molar-refractivity contribution in [3.05, 3.63) is 65.5 Å². The van der Waals surface area contributed by atoms with Crippen LogP contribution in [0, 0.1) is 5.82 Å². The molecule has 0 unspecified atom stereocenters. The molecule has 0 saturated heterocycles.